The molecular formula is C13H16N2O5S2. The number of rotatable bonds is 3. The van der Waals surface area contributed by atoms with Crippen molar-refractivity contribution in [1.29, 1.82) is 0 Å². The summed E-state index contributed by atoms with van der Waals surface area (Å²) in [6.45, 7) is 1.84. The Morgan fingerprint density at radius 3 is 1.77 bits per heavy atom. The van der Waals surface area contributed by atoms with E-state index in [1.54, 1.807) is 35.2 Å². The van der Waals surface area contributed by atoms with Gasteiger partial charge in [-0.2, -0.15) is 13.2 Å². The van der Waals surface area contributed by atoms with E-state index in [1.807, 2.05) is 6.92 Å². The second-order valence-corrected chi connectivity index (χ2v) is 7.36. The first kappa shape index (κ1) is 18.3. The van der Waals surface area contributed by atoms with Crippen LogP contribution in [0, 0.1) is 6.92 Å². The van der Waals surface area contributed by atoms with Crippen LogP contribution in [0.5, 0.6) is 0 Å². The molecule has 2 aromatic carbocycles. The third kappa shape index (κ3) is 5.54. The molecule has 0 fully saturated rings. The quantitative estimate of drug-likeness (QED) is 0.434. The Morgan fingerprint density at radius 1 is 0.864 bits per heavy atom. The molecule has 7 nitrogen and oxygen atoms in total. The van der Waals surface area contributed by atoms with Gasteiger partial charge in [0.2, 0.25) is 0 Å². The van der Waals surface area contributed by atoms with Crippen LogP contribution in [0.3, 0.4) is 0 Å². The topological polar surface area (TPSA) is 127 Å². The largest absolute Gasteiger partial charge is 0.294 e. The second kappa shape index (κ2) is 7.47. The van der Waals surface area contributed by atoms with Crippen molar-refractivity contribution < 1.29 is 21.4 Å². The minimum absolute atomic E-state index is 0.0666. The van der Waals surface area contributed by atoms with Gasteiger partial charge in [0.05, 0.1) is 9.79 Å². The maximum absolute atomic E-state index is 11.0. The first-order chi connectivity index (χ1) is 10.2. The highest BCUT2D eigenvalue weighted by Crippen LogP contribution is 2.08. The number of hydrogen-bond acceptors (Lipinski definition) is 5. The van der Waals surface area contributed by atoms with Gasteiger partial charge in [0.25, 0.3) is 20.1 Å². The Morgan fingerprint density at radius 2 is 1.36 bits per heavy atom. The van der Waals surface area contributed by atoms with Gasteiger partial charge < -0.3 is 0 Å². The van der Waals surface area contributed by atoms with E-state index < -0.39 is 20.1 Å². The van der Waals surface area contributed by atoms with Crippen molar-refractivity contribution in [2.45, 2.75) is 16.7 Å². The third-order valence-electron chi connectivity index (χ3n) is 2.53. The molecule has 0 aliphatic carbocycles. The Labute approximate surface area is 129 Å². The summed E-state index contributed by atoms with van der Waals surface area (Å²) in [6, 6.07) is 13.9. The van der Waals surface area contributed by atoms with Crippen LogP contribution in [0.2, 0.25) is 0 Å². The van der Waals surface area contributed by atoms with Crippen LogP contribution >= 0.6 is 0 Å². The molecule has 0 saturated carbocycles. The van der Waals surface area contributed by atoms with E-state index in [9.17, 15) is 16.8 Å². The van der Waals surface area contributed by atoms with Crippen LogP contribution in [-0.4, -0.2) is 21.4 Å². The summed E-state index contributed by atoms with van der Waals surface area (Å²) in [4.78, 5) is 1.83. The molecule has 0 saturated heterocycles. The van der Waals surface area contributed by atoms with Crippen molar-refractivity contribution >= 4 is 20.1 Å². The van der Waals surface area contributed by atoms with Crippen molar-refractivity contribution in [3.05, 3.63) is 60.2 Å². The Bertz CT molecular complexity index is 801. The second-order valence-electron chi connectivity index (χ2n) is 4.22. The number of nitrogens with two attached hydrogens (primary N) is 1. The van der Waals surface area contributed by atoms with Gasteiger partial charge in [-0.25, -0.2) is 8.42 Å². The molecule has 0 atom stereocenters. The highest BCUT2D eigenvalue weighted by Gasteiger charge is 2.09. The van der Waals surface area contributed by atoms with Gasteiger partial charge in [0, 0.05) is 0 Å². The van der Waals surface area contributed by atoms with E-state index in [4.69, 9.17) is 10.4 Å². The summed E-state index contributed by atoms with van der Waals surface area (Å²) in [5, 5.41) is 0. The van der Waals surface area contributed by atoms with E-state index in [0.717, 1.165) is 5.56 Å². The number of aryl methyl sites for hydroxylation is 1. The van der Waals surface area contributed by atoms with E-state index in [-0.39, 0.29) is 9.79 Å². The standard InChI is InChI=1S/C7H8O3S.C6H8N2O2S/c1-6-2-4-7(5-3-6)11(8,9)10;7-8-11(9,10)6-4-2-1-3-5-6/h2-5H,1H3,(H,8,9,10);1-5,8H,7H2. The van der Waals surface area contributed by atoms with Gasteiger partial charge >= 0.3 is 0 Å². The maximum Gasteiger partial charge on any atom is 0.294 e. The molecule has 0 unspecified atom stereocenters. The highest BCUT2D eigenvalue weighted by molar-refractivity contribution is 7.89. The number of benzene rings is 2. The summed E-state index contributed by atoms with van der Waals surface area (Å²) in [5.74, 6) is 4.80. The zero-order valence-corrected chi connectivity index (χ0v) is 13.3. The number of hydrazine groups is 1. The fraction of sp³-hybridized carbons (Fsp3) is 0.0769. The summed E-state index contributed by atoms with van der Waals surface area (Å²) in [6.07, 6.45) is 0. The molecule has 0 radical (unpaired) electrons. The minimum Gasteiger partial charge on any atom is -0.282 e. The number of hydrogen-bond donors (Lipinski definition) is 3. The monoisotopic (exact) mass is 344 g/mol. The molecule has 4 N–H and O–H groups in total. The molecule has 0 aliphatic heterocycles. The van der Waals surface area contributed by atoms with Crippen LogP contribution in [0.25, 0.3) is 0 Å². The molecule has 0 aliphatic rings. The van der Waals surface area contributed by atoms with E-state index in [2.05, 4.69) is 0 Å². The lowest BCUT2D eigenvalue weighted by Crippen LogP contribution is -2.30. The minimum atomic E-state index is -4.02. The molecule has 9 heteroatoms. The van der Waals surface area contributed by atoms with E-state index >= 15 is 0 Å². The van der Waals surface area contributed by atoms with Crippen molar-refractivity contribution in [2.24, 2.45) is 5.84 Å². The highest BCUT2D eigenvalue weighted by atomic mass is 32.2. The molecule has 2 aromatic rings. The normalized spacial score (nSPS) is 11.4. The molecular weight excluding hydrogens is 328 g/mol. The zero-order valence-electron chi connectivity index (χ0n) is 11.7. The van der Waals surface area contributed by atoms with Crippen molar-refractivity contribution in [3.63, 3.8) is 0 Å². The van der Waals surface area contributed by atoms with Crippen LogP contribution in [0.1, 0.15) is 5.56 Å². The average molecular weight is 344 g/mol. The van der Waals surface area contributed by atoms with Gasteiger partial charge in [0.15, 0.2) is 0 Å². The predicted molar refractivity (Wildman–Crippen MR) is 81.9 cm³/mol. The van der Waals surface area contributed by atoms with Gasteiger partial charge in [-0.3, -0.25) is 10.4 Å². The SMILES string of the molecule is Cc1ccc(S(=O)(=O)O)cc1.NNS(=O)(=O)c1ccccc1. The maximum atomic E-state index is 11.0. The van der Waals surface area contributed by atoms with Gasteiger partial charge in [-0.15, -0.1) is 0 Å². The number of nitrogens with one attached hydrogen (secondary N) is 1. The Kier molecular flexibility index (Phi) is 6.21. The first-order valence-electron chi connectivity index (χ1n) is 5.98. The Balaban J connectivity index is 0.000000220. The summed E-state index contributed by atoms with van der Waals surface area (Å²) >= 11 is 0. The fourth-order valence-electron chi connectivity index (χ4n) is 1.38. The molecule has 0 amide bonds. The van der Waals surface area contributed by atoms with Crippen LogP contribution < -0.4 is 10.7 Å². The van der Waals surface area contributed by atoms with E-state index in [1.165, 1.54) is 24.3 Å². The lowest BCUT2D eigenvalue weighted by molar-refractivity contribution is 0.483. The van der Waals surface area contributed by atoms with Crippen molar-refractivity contribution in [2.75, 3.05) is 0 Å². The Hall–Kier alpha value is -1.78. The van der Waals surface area contributed by atoms with Crippen molar-refractivity contribution in [1.82, 2.24) is 4.83 Å². The lowest BCUT2D eigenvalue weighted by Gasteiger charge is -1.99. The summed E-state index contributed by atoms with van der Waals surface area (Å²) < 4.78 is 51.5. The summed E-state index contributed by atoms with van der Waals surface area (Å²) in [7, 11) is -7.49. The molecule has 120 valence electrons. The van der Waals surface area contributed by atoms with Crippen LogP contribution in [0.15, 0.2) is 64.4 Å². The first-order valence-corrected chi connectivity index (χ1v) is 8.91. The molecule has 0 spiro atoms. The molecule has 0 bridgehead atoms. The van der Waals surface area contributed by atoms with Gasteiger partial charge in [0.1, 0.15) is 0 Å². The van der Waals surface area contributed by atoms with Gasteiger partial charge in [-0.1, -0.05) is 35.9 Å². The average Bonchev–Trinajstić information content (AvgIpc) is 2.48. The fourth-order valence-corrected chi connectivity index (χ4v) is 2.51. The molecule has 0 heterocycles. The predicted octanol–water partition coefficient (Wildman–Crippen LogP) is 1.08. The summed E-state index contributed by atoms with van der Waals surface area (Å²) in [5.41, 5.74) is 0.956. The smallest absolute Gasteiger partial charge is 0.282 e. The molecule has 22 heavy (non-hydrogen) atoms. The molecule has 0 aromatic heterocycles. The van der Waals surface area contributed by atoms with Crippen LogP contribution in [-0.2, 0) is 20.1 Å². The third-order valence-corrected chi connectivity index (χ3v) is 4.60. The van der Waals surface area contributed by atoms with Crippen LogP contribution in [0.4, 0.5) is 0 Å². The van der Waals surface area contributed by atoms with Gasteiger partial charge in [-0.05, 0) is 31.2 Å². The zero-order chi connectivity index (χ0) is 16.8. The number of sulfonamides is 1. The molecule has 2 rings (SSSR count). The lowest BCUT2D eigenvalue weighted by atomic mass is 10.2. The van der Waals surface area contributed by atoms with E-state index in [0.29, 0.717) is 0 Å². The van der Waals surface area contributed by atoms with Crippen molar-refractivity contribution in [3.8, 4) is 0 Å².